The Bertz CT molecular complexity index is 443. The van der Waals surface area contributed by atoms with Crippen molar-refractivity contribution in [2.24, 2.45) is 0 Å². The van der Waals surface area contributed by atoms with E-state index in [1.807, 2.05) is 36.4 Å². The first-order chi connectivity index (χ1) is 7.84. The molecule has 1 aromatic carbocycles. The highest BCUT2D eigenvalue weighted by molar-refractivity contribution is 6.30. The zero-order valence-electron chi connectivity index (χ0n) is 8.86. The third-order valence-corrected chi connectivity index (χ3v) is 2.49. The van der Waals surface area contributed by atoms with Gasteiger partial charge in [0.25, 0.3) is 0 Å². The second kappa shape index (κ2) is 5.64. The number of nitrogens with one attached hydrogen (secondary N) is 1. The SMILES string of the molecule is Clc1cccc(CNCc2ccccn2)c1. The van der Waals surface area contributed by atoms with Gasteiger partial charge < -0.3 is 5.32 Å². The lowest BCUT2D eigenvalue weighted by molar-refractivity contribution is 0.680. The molecule has 0 unspecified atom stereocenters. The van der Waals surface area contributed by atoms with Crippen LogP contribution in [0.4, 0.5) is 0 Å². The molecule has 0 saturated carbocycles. The van der Waals surface area contributed by atoms with Crippen LogP contribution in [0.1, 0.15) is 11.3 Å². The van der Waals surface area contributed by atoms with E-state index in [4.69, 9.17) is 11.6 Å². The molecule has 0 bridgehead atoms. The highest BCUT2D eigenvalue weighted by atomic mass is 35.5. The Labute approximate surface area is 100 Å². The van der Waals surface area contributed by atoms with Crippen LogP contribution >= 0.6 is 11.6 Å². The van der Waals surface area contributed by atoms with E-state index < -0.39 is 0 Å². The molecular formula is C13H13ClN2. The van der Waals surface area contributed by atoms with Crippen LogP contribution in [0.15, 0.2) is 48.7 Å². The van der Waals surface area contributed by atoms with Crippen molar-refractivity contribution < 1.29 is 0 Å². The number of benzene rings is 1. The summed E-state index contributed by atoms with van der Waals surface area (Å²) in [6.45, 7) is 1.57. The number of halogens is 1. The molecular weight excluding hydrogens is 220 g/mol. The van der Waals surface area contributed by atoms with E-state index in [1.165, 1.54) is 5.56 Å². The predicted octanol–water partition coefficient (Wildman–Crippen LogP) is 3.02. The molecule has 0 aliphatic heterocycles. The minimum Gasteiger partial charge on any atom is -0.307 e. The van der Waals surface area contributed by atoms with Gasteiger partial charge in [0, 0.05) is 24.3 Å². The summed E-state index contributed by atoms with van der Waals surface area (Å²) in [6, 6.07) is 13.8. The van der Waals surface area contributed by atoms with Crippen molar-refractivity contribution in [3.8, 4) is 0 Å². The fourth-order valence-corrected chi connectivity index (χ4v) is 1.70. The van der Waals surface area contributed by atoms with Gasteiger partial charge in [0.1, 0.15) is 0 Å². The van der Waals surface area contributed by atoms with E-state index in [2.05, 4.69) is 16.4 Å². The van der Waals surface area contributed by atoms with Crippen LogP contribution in [-0.4, -0.2) is 4.98 Å². The lowest BCUT2D eigenvalue weighted by Crippen LogP contribution is -2.13. The van der Waals surface area contributed by atoms with Crippen LogP contribution in [0.25, 0.3) is 0 Å². The van der Waals surface area contributed by atoms with Crippen LogP contribution in [0.5, 0.6) is 0 Å². The summed E-state index contributed by atoms with van der Waals surface area (Å²) >= 11 is 5.90. The van der Waals surface area contributed by atoms with E-state index in [0.717, 1.165) is 23.8 Å². The molecule has 0 atom stereocenters. The summed E-state index contributed by atoms with van der Waals surface area (Å²) in [7, 11) is 0. The fourth-order valence-electron chi connectivity index (χ4n) is 1.48. The van der Waals surface area contributed by atoms with Gasteiger partial charge in [-0.25, -0.2) is 0 Å². The number of hydrogen-bond donors (Lipinski definition) is 1. The molecule has 0 aliphatic rings. The van der Waals surface area contributed by atoms with Crippen molar-refractivity contribution in [2.45, 2.75) is 13.1 Å². The van der Waals surface area contributed by atoms with Gasteiger partial charge >= 0.3 is 0 Å². The van der Waals surface area contributed by atoms with Crippen molar-refractivity contribution in [1.82, 2.24) is 10.3 Å². The standard InChI is InChI=1S/C13H13ClN2/c14-12-5-3-4-11(8-12)9-15-10-13-6-1-2-7-16-13/h1-8,15H,9-10H2. The molecule has 1 heterocycles. The number of hydrogen-bond acceptors (Lipinski definition) is 2. The molecule has 1 N–H and O–H groups in total. The summed E-state index contributed by atoms with van der Waals surface area (Å²) in [4.78, 5) is 4.24. The first kappa shape index (κ1) is 11.1. The van der Waals surface area contributed by atoms with Crippen molar-refractivity contribution in [2.75, 3.05) is 0 Å². The van der Waals surface area contributed by atoms with Crippen molar-refractivity contribution in [1.29, 1.82) is 0 Å². The maximum Gasteiger partial charge on any atom is 0.0541 e. The predicted molar refractivity (Wildman–Crippen MR) is 66.2 cm³/mol. The Kier molecular flexibility index (Phi) is 3.91. The lowest BCUT2D eigenvalue weighted by atomic mass is 10.2. The van der Waals surface area contributed by atoms with Gasteiger partial charge in [0.05, 0.1) is 5.69 Å². The minimum absolute atomic E-state index is 0.771. The monoisotopic (exact) mass is 232 g/mol. The number of rotatable bonds is 4. The van der Waals surface area contributed by atoms with Gasteiger partial charge in [0.15, 0.2) is 0 Å². The molecule has 1 aromatic heterocycles. The Morgan fingerprint density at radius 3 is 2.75 bits per heavy atom. The van der Waals surface area contributed by atoms with Crippen LogP contribution in [0.3, 0.4) is 0 Å². The zero-order chi connectivity index (χ0) is 11.2. The van der Waals surface area contributed by atoms with E-state index in [1.54, 1.807) is 6.20 Å². The summed E-state index contributed by atoms with van der Waals surface area (Å²) in [5.41, 5.74) is 2.23. The molecule has 16 heavy (non-hydrogen) atoms. The number of pyridine rings is 1. The first-order valence-electron chi connectivity index (χ1n) is 5.20. The third-order valence-electron chi connectivity index (χ3n) is 2.25. The van der Waals surface area contributed by atoms with Gasteiger partial charge in [-0.1, -0.05) is 29.8 Å². The zero-order valence-corrected chi connectivity index (χ0v) is 9.61. The number of aromatic nitrogens is 1. The molecule has 0 amide bonds. The van der Waals surface area contributed by atoms with Gasteiger partial charge in [-0.05, 0) is 29.8 Å². The summed E-state index contributed by atoms with van der Waals surface area (Å²) in [5, 5.41) is 4.10. The highest BCUT2D eigenvalue weighted by Gasteiger charge is 1.95. The minimum atomic E-state index is 0.771. The molecule has 0 saturated heterocycles. The van der Waals surface area contributed by atoms with Crippen molar-refractivity contribution in [3.05, 3.63) is 64.9 Å². The second-order valence-corrected chi connectivity index (χ2v) is 3.99. The quantitative estimate of drug-likeness (QED) is 0.877. The molecule has 0 radical (unpaired) electrons. The van der Waals surface area contributed by atoms with Crippen molar-refractivity contribution >= 4 is 11.6 Å². The largest absolute Gasteiger partial charge is 0.307 e. The molecule has 2 nitrogen and oxygen atoms in total. The van der Waals surface area contributed by atoms with Gasteiger partial charge in [-0.3, -0.25) is 4.98 Å². The van der Waals surface area contributed by atoms with Gasteiger partial charge in [0.2, 0.25) is 0 Å². The molecule has 82 valence electrons. The molecule has 2 rings (SSSR count). The Hall–Kier alpha value is -1.38. The van der Waals surface area contributed by atoms with Crippen LogP contribution in [0.2, 0.25) is 5.02 Å². The van der Waals surface area contributed by atoms with Crippen LogP contribution in [0, 0.1) is 0 Å². The fraction of sp³-hybridized carbons (Fsp3) is 0.154. The Morgan fingerprint density at radius 1 is 1.06 bits per heavy atom. The lowest BCUT2D eigenvalue weighted by Gasteiger charge is -2.04. The summed E-state index contributed by atoms with van der Waals surface area (Å²) < 4.78 is 0. The van der Waals surface area contributed by atoms with Crippen LogP contribution < -0.4 is 5.32 Å². The smallest absolute Gasteiger partial charge is 0.0541 e. The highest BCUT2D eigenvalue weighted by Crippen LogP contribution is 2.10. The molecule has 0 fully saturated rings. The average Bonchev–Trinajstić information content (AvgIpc) is 2.30. The Balaban J connectivity index is 1.85. The normalized spacial score (nSPS) is 10.3. The van der Waals surface area contributed by atoms with E-state index >= 15 is 0 Å². The number of nitrogens with zero attached hydrogens (tertiary/aromatic N) is 1. The summed E-state index contributed by atoms with van der Waals surface area (Å²) in [5.74, 6) is 0. The first-order valence-corrected chi connectivity index (χ1v) is 5.57. The molecule has 0 spiro atoms. The topological polar surface area (TPSA) is 24.9 Å². The maximum absolute atomic E-state index is 5.90. The second-order valence-electron chi connectivity index (χ2n) is 3.55. The van der Waals surface area contributed by atoms with Gasteiger partial charge in [-0.2, -0.15) is 0 Å². The van der Waals surface area contributed by atoms with Crippen LogP contribution in [-0.2, 0) is 13.1 Å². The van der Waals surface area contributed by atoms with E-state index in [0.29, 0.717) is 0 Å². The van der Waals surface area contributed by atoms with Crippen molar-refractivity contribution in [3.63, 3.8) is 0 Å². The molecule has 2 aromatic rings. The molecule has 0 aliphatic carbocycles. The summed E-state index contributed by atoms with van der Waals surface area (Å²) in [6.07, 6.45) is 1.80. The maximum atomic E-state index is 5.90. The van der Waals surface area contributed by atoms with E-state index in [-0.39, 0.29) is 0 Å². The van der Waals surface area contributed by atoms with Gasteiger partial charge in [-0.15, -0.1) is 0 Å². The van der Waals surface area contributed by atoms with E-state index in [9.17, 15) is 0 Å². The molecule has 3 heteroatoms. The third kappa shape index (κ3) is 3.33. The average molecular weight is 233 g/mol. The Morgan fingerprint density at radius 2 is 2.00 bits per heavy atom.